The topological polar surface area (TPSA) is 258 Å². The maximum Gasteiger partial charge on any atom is 0.408 e. The summed E-state index contributed by atoms with van der Waals surface area (Å²) in [4.78, 5) is 19.3. The smallest absolute Gasteiger partial charge is 0.408 e. The van der Waals surface area contributed by atoms with Crippen molar-refractivity contribution in [3.63, 3.8) is 0 Å². The number of para-hydroxylation sites is 1. The summed E-state index contributed by atoms with van der Waals surface area (Å²) >= 11 is 0. The van der Waals surface area contributed by atoms with Crippen molar-refractivity contribution in [2.45, 2.75) is 40.6 Å². The number of aromatic nitrogens is 6. The van der Waals surface area contributed by atoms with Gasteiger partial charge in [0.15, 0.2) is 15.8 Å². The lowest BCUT2D eigenvalue weighted by atomic mass is 9.94. The molecule has 1 amide bonds. The number of imidazole rings is 1. The summed E-state index contributed by atoms with van der Waals surface area (Å²) in [6.07, 6.45) is -1.79. The minimum absolute atomic E-state index is 0.0136. The fourth-order valence-electron chi connectivity index (χ4n) is 8.46. The zero-order chi connectivity index (χ0) is 46.1. The standard InChI is InChI=1S/C44H45N9O10S2/c1-61-31-17-11-28(12-18-31)23-51(24-29-13-19-32(62-2)20-14-29)65(59,60)44(27-54)40(36(26-52(44)43(55)56)34-8-6-9-37-39(34)47-42(45)46-37)64(57,58)38-10-5-4-7-35(38)41-48-50-53(49-41)25-30-15-21-33(63-3)22-16-30/h4-22,36,40,54H,23-27H2,1-3H3,(H,55,56)(H3,45,46,47). The van der Waals surface area contributed by atoms with Crippen molar-refractivity contribution in [2.24, 2.45) is 0 Å². The molecule has 1 saturated heterocycles. The first kappa shape index (κ1) is 44.5. The Morgan fingerprint density at radius 2 is 1.38 bits per heavy atom. The number of tetrazole rings is 1. The van der Waals surface area contributed by atoms with Crippen LogP contribution in [0.3, 0.4) is 0 Å². The summed E-state index contributed by atoms with van der Waals surface area (Å²) in [5.74, 6) is 0.0513. The van der Waals surface area contributed by atoms with Gasteiger partial charge in [0.05, 0.1) is 50.4 Å². The van der Waals surface area contributed by atoms with E-state index in [1.54, 1.807) is 92.0 Å². The van der Waals surface area contributed by atoms with Crippen LogP contribution in [0.15, 0.2) is 120 Å². The number of hydrogen-bond donors (Lipinski definition) is 4. The van der Waals surface area contributed by atoms with Crippen molar-refractivity contribution in [3.8, 4) is 28.6 Å². The highest BCUT2D eigenvalue weighted by Crippen LogP contribution is 2.51. The molecule has 1 aliphatic rings. The van der Waals surface area contributed by atoms with Crippen LogP contribution in [0.25, 0.3) is 22.4 Å². The van der Waals surface area contributed by atoms with E-state index in [1.165, 1.54) is 37.2 Å². The summed E-state index contributed by atoms with van der Waals surface area (Å²) in [7, 11) is -5.89. The van der Waals surface area contributed by atoms with Crippen LogP contribution in [-0.2, 0) is 39.5 Å². The molecule has 8 rings (SSSR count). The van der Waals surface area contributed by atoms with Gasteiger partial charge in [0.1, 0.15) is 22.5 Å². The molecule has 0 radical (unpaired) electrons. The lowest BCUT2D eigenvalue weighted by Gasteiger charge is -2.42. The molecule has 7 aromatic rings. The quantitative estimate of drug-likeness (QED) is 0.104. The van der Waals surface area contributed by atoms with E-state index >= 15 is 16.8 Å². The van der Waals surface area contributed by atoms with E-state index in [9.17, 15) is 15.0 Å². The van der Waals surface area contributed by atoms with Gasteiger partial charge in [-0.1, -0.05) is 60.7 Å². The molecular weight excluding hydrogens is 879 g/mol. The SMILES string of the molecule is COc1ccc(CN(Cc2ccc(OC)cc2)S(=O)(=O)C2(CO)C(S(=O)(=O)c3ccccc3-c3nnn(Cc4ccc(OC)cc4)n3)C(c3cccc4[nH]c(N)nc34)CN2C(=O)O)cc1. The molecule has 0 aliphatic carbocycles. The highest BCUT2D eigenvalue weighted by molar-refractivity contribution is 7.95. The second-order valence-electron chi connectivity index (χ2n) is 15.3. The maximum absolute atomic E-state index is 16.0. The van der Waals surface area contributed by atoms with Gasteiger partial charge in [-0.2, -0.15) is 9.10 Å². The predicted molar refractivity (Wildman–Crippen MR) is 238 cm³/mol. The summed E-state index contributed by atoms with van der Waals surface area (Å²) in [5, 5.41) is 33.5. The highest BCUT2D eigenvalue weighted by Gasteiger charge is 2.70. The van der Waals surface area contributed by atoms with Gasteiger partial charge in [-0.15, -0.1) is 10.2 Å². The van der Waals surface area contributed by atoms with E-state index in [0.717, 1.165) is 9.87 Å². The number of carboxylic acid groups (broad SMARTS) is 1. The summed E-state index contributed by atoms with van der Waals surface area (Å²) < 4.78 is 80.9. The van der Waals surface area contributed by atoms with Gasteiger partial charge in [0, 0.05) is 31.1 Å². The second kappa shape index (κ2) is 17.8. The summed E-state index contributed by atoms with van der Waals surface area (Å²) in [6.45, 7) is -2.74. The fourth-order valence-corrected chi connectivity index (χ4v) is 13.7. The summed E-state index contributed by atoms with van der Waals surface area (Å²) in [5.41, 5.74) is 8.51. The molecule has 338 valence electrons. The number of methoxy groups -OCH3 is 3. The molecule has 2 aromatic heterocycles. The number of sulfonamides is 1. The van der Waals surface area contributed by atoms with E-state index in [0.29, 0.717) is 38.8 Å². The lowest BCUT2D eigenvalue weighted by Crippen LogP contribution is -2.65. The van der Waals surface area contributed by atoms with Gasteiger partial charge in [-0.25, -0.2) is 26.6 Å². The monoisotopic (exact) mass is 923 g/mol. The number of nitrogens with zero attached hydrogens (tertiary/aromatic N) is 7. The number of sulfone groups is 1. The second-order valence-corrected chi connectivity index (χ2v) is 19.5. The molecular formula is C44H45N9O10S2. The Morgan fingerprint density at radius 1 is 0.815 bits per heavy atom. The van der Waals surface area contributed by atoms with E-state index in [-0.39, 0.29) is 48.1 Å². The minimum Gasteiger partial charge on any atom is -0.497 e. The molecule has 1 aliphatic heterocycles. The number of nitrogens with one attached hydrogen (secondary N) is 1. The Morgan fingerprint density at radius 3 is 1.94 bits per heavy atom. The van der Waals surface area contributed by atoms with Crippen LogP contribution in [0.4, 0.5) is 10.7 Å². The fraction of sp³-hybridized carbons (Fsp3) is 0.250. The third-order valence-electron chi connectivity index (χ3n) is 11.6. The van der Waals surface area contributed by atoms with Crippen molar-refractivity contribution in [1.29, 1.82) is 0 Å². The van der Waals surface area contributed by atoms with E-state index in [2.05, 4.69) is 25.4 Å². The number of hydrogen-bond acceptors (Lipinski definition) is 14. The Kier molecular flexibility index (Phi) is 12.2. The van der Waals surface area contributed by atoms with Crippen LogP contribution in [0.1, 0.15) is 28.2 Å². The number of fused-ring (bicyclic) bond motifs is 1. The van der Waals surface area contributed by atoms with Crippen molar-refractivity contribution >= 4 is 42.9 Å². The molecule has 0 spiro atoms. The summed E-state index contributed by atoms with van der Waals surface area (Å²) in [6, 6.07) is 30.7. The largest absolute Gasteiger partial charge is 0.497 e. The van der Waals surface area contributed by atoms with Gasteiger partial charge in [-0.3, -0.25) is 4.90 Å². The number of anilines is 1. The van der Waals surface area contributed by atoms with Crippen LogP contribution in [0.2, 0.25) is 0 Å². The molecule has 1 fully saturated rings. The maximum atomic E-state index is 16.0. The molecule has 19 nitrogen and oxygen atoms in total. The van der Waals surface area contributed by atoms with Crippen molar-refractivity contribution in [3.05, 3.63) is 138 Å². The zero-order valence-corrected chi connectivity index (χ0v) is 37.0. The zero-order valence-electron chi connectivity index (χ0n) is 35.3. The van der Waals surface area contributed by atoms with Crippen LogP contribution >= 0.6 is 0 Å². The van der Waals surface area contributed by atoms with Crippen LogP contribution in [0, 0.1) is 0 Å². The average Bonchev–Trinajstić information content (AvgIpc) is 4.05. The first-order valence-electron chi connectivity index (χ1n) is 20.1. The molecule has 65 heavy (non-hydrogen) atoms. The Balaban J connectivity index is 1.33. The first-order valence-corrected chi connectivity index (χ1v) is 23.1. The Bertz CT molecular complexity index is 3010. The van der Waals surface area contributed by atoms with Crippen molar-refractivity contribution in [2.75, 3.05) is 40.2 Å². The number of benzene rings is 5. The van der Waals surface area contributed by atoms with E-state index in [1.807, 2.05) is 12.1 Å². The van der Waals surface area contributed by atoms with Crippen LogP contribution in [0.5, 0.6) is 17.2 Å². The third-order valence-corrected chi connectivity index (χ3v) is 16.5. The van der Waals surface area contributed by atoms with Gasteiger partial charge in [-0.05, 0) is 82.1 Å². The Labute approximate surface area is 374 Å². The molecule has 0 bridgehead atoms. The lowest BCUT2D eigenvalue weighted by molar-refractivity contribution is 0.0972. The number of nitrogen functional groups attached to an aromatic ring is 1. The molecule has 21 heteroatoms. The number of nitrogens with two attached hydrogens (primary N) is 1. The van der Waals surface area contributed by atoms with E-state index < -0.39 is 60.0 Å². The number of carbonyl (C=O) groups is 1. The number of likely N-dealkylation sites (tertiary alicyclic amines) is 1. The molecule has 0 saturated carbocycles. The number of amides is 1. The number of aliphatic hydroxyl groups is 1. The number of ether oxygens (including phenoxy) is 3. The third kappa shape index (κ3) is 8.18. The van der Waals surface area contributed by atoms with Crippen LogP contribution < -0.4 is 19.9 Å². The number of rotatable bonds is 16. The number of aliphatic hydroxyl groups excluding tert-OH is 1. The van der Waals surface area contributed by atoms with Crippen molar-refractivity contribution in [1.82, 2.24) is 39.4 Å². The highest BCUT2D eigenvalue weighted by atomic mass is 32.2. The number of aromatic amines is 1. The van der Waals surface area contributed by atoms with E-state index in [4.69, 9.17) is 19.9 Å². The molecule has 3 unspecified atom stereocenters. The first-order chi connectivity index (χ1) is 31.2. The predicted octanol–water partition coefficient (Wildman–Crippen LogP) is 4.51. The molecule has 5 aromatic carbocycles. The van der Waals surface area contributed by atoms with Gasteiger partial charge in [0.2, 0.25) is 20.7 Å². The van der Waals surface area contributed by atoms with Gasteiger partial charge in [0.25, 0.3) is 0 Å². The minimum atomic E-state index is -5.30. The van der Waals surface area contributed by atoms with Crippen molar-refractivity contribution < 1.29 is 46.1 Å². The van der Waals surface area contributed by atoms with Gasteiger partial charge >= 0.3 is 6.09 Å². The van der Waals surface area contributed by atoms with Gasteiger partial charge < -0.3 is 35.1 Å². The number of H-pyrrole nitrogens is 1. The van der Waals surface area contributed by atoms with Crippen LogP contribution in [-0.4, -0.2) is 117 Å². The Hall–Kier alpha value is -7.07. The molecule has 3 heterocycles. The molecule has 5 N–H and O–H groups in total. The molecule has 3 atom stereocenters. The normalized spacial score (nSPS) is 17.7. The average molecular weight is 924 g/mol.